The predicted molar refractivity (Wildman–Crippen MR) is 110 cm³/mol. The van der Waals surface area contributed by atoms with Crippen LogP contribution in [0.2, 0.25) is 0 Å². The molecule has 28 heavy (non-hydrogen) atoms. The van der Waals surface area contributed by atoms with Gasteiger partial charge in [0.2, 0.25) is 0 Å². The zero-order valence-corrected chi connectivity index (χ0v) is 15.3. The molecule has 0 radical (unpaired) electrons. The van der Waals surface area contributed by atoms with Crippen LogP contribution in [0.1, 0.15) is 5.56 Å². The maximum absolute atomic E-state index is 11.0. The van der Waals surface area contributed by atoms with Gasteiger partial charge < -0.3 is 14.6 Å². The number of aliphatic carboxylic acids is 1. The predicted octanol–water partition coefficient (Wildman–Crippen LogP) is 5.08. The van der Waals surface area contributed by atoms with E-state index < -0.39 is 5.97 Å². The van der Waals surface area contributed by atoms with Crippen LogP contribution in [0.15, 0.2) is 78.9 Å². The number of ether oxygens (including phenoxy) is 2. The fraction of sp³-hybridized carbons (Fsp3) is 0.125. The molecule has 4 rings (SSSR count). The molecule has 0 saturated carbocycles. The largest absolute Gasteiger partial charge is 0.490 e. The van der Waals surface area contributed by atoms with E-state index in [9.17, 15) is 4.79 Å². The van der Waals surface area contributed by atoms with Gasteiger partial charge in [0, 0.05) is 10.9 Å². The van der Waals surface area contributed by atoms with Gasteiger partial charge in [0.15, 0.2) is 0 Å². The molecule has 0 aromatic heterocycles. The van der Waals surface area contributed by atoms with Crippen LogP contribution in [-0.4, -0.2) is 24.3 Å². The summed E-state index contributed by atoms with van der Waals surface area (Å²) in [7, 11) is 0. The van der Waals surface area contributed by atoms with E-state index >= 15 is 0 Å². The molecule has 0 heterocycles. The van der Waals surface area contributed by atoms with Crippen LogP contribution >= 0.6 is 0 Å². The molecule has 4 aromatic rings. The van der Waals surface area contributed by atoms with E-state index in [0.717, 1.165) is 21.9 Å². The van der Waals surface area contributed by atoms with Gasteiger partial charge in [0.05, 0.1) is 6.42 Å². The van der Waals surface area contributed by atoms with E-state index in [0.29, 0.717) is 24.5 Å². The molecule has 0 saturated heterocycles. The van der Waals surface area contributed by atoms with Crippen LogP contribution < -0.4 is 9.47 Å². The van der Waals surface area contributed by atoms with E-state index in [2.05, 4.69) is 30.3 Å². The summed E-state index contributed by atoms with van der Waals surface area (Å²) in [5.74, 6) is 0.517. The lowest BCUT2D eigenvalue weighted by atomic mass is 10.0. The number of fused-ring (bicyclic) bond motifs is 3. The highest BCUT2D eigenvalue weighted by Gasteiger charge is 2.09. The lowest BCUT2D eigenvalue weighted by Crippen LogP contribution is -2.11. The van der Waals surface area contributed by atoms with Gasteiger partial charge in [-0.15, -0.1) is 0 Å². The lowest BCUT2D eigenvalue weighted by molar-refractivity contribution is -0.136. The molecular weight excluding hydrogens is 352 g/mol. The Bertz CT molecular complexity index is 1130. The summed E-state index contributed by atoms with van der Waals surface area (Å²) in [6.45, 7) is 0.696. The Labute approximate surface area is 162 Å². The summed E-state index contributed by atoms with van der Waals surface area (Å²) >= 11 is 0. The Morgan fingerprint density at radius 3 is 2.11 bits per heavy atom. The number of carbonyl (C=O) groups is 1. The lowest BCUT2D eigenvalue weighted by Gasteiger charge is -2.14. The first kappa shape index (κ1) is 17.9. The van der Waals surface area contributed by atoms with Gasteiger partial charge in [0.1, 0.15) is 24.7 Å². The second kappa shape index (κ2) is 8.01. The Balaban J connectivity index is 1.50. The molecule has 0 atom stereocenters. The molecule has 0 aliphatic rings. The number of hydrogen-bond donors (Lipinski definition) is 1. The van der Waals surface area contributed by atoms with Crippen molar-refractivity contribution >= 4 is 27.5 Å². The van der Waals surface area contributed by atoms with Crippen molar-refractivity contribution in [1.29, 1.82) is 0 Å². The van der Waals surface area contributed by atoms with Crippen molar-refractivity contribution in [1.82, 2.24) is 0 Å². The van der Waals surface area contributed by atoms with Crippen LogP contribution in [0.25, 0.3) is 21.5 Å². The molecule has 4 heteroatoms. The molecule has 0 fully saturated rings. The van der Waals surface area contributed by atoms with Crippen molar-refractivity contribution in [2.45, 2.75) is 6.42 Å². The summed E-state index contributed by atoms with van der Waals surface area (Å²) in [5.41, 5.74) is 0.658. The van der Waals surface area contributed by atoms with E-state index in [1.54, 1.807) is 12.1 Å². The number of hydrogen-bond acceptors (Lipinski definition) is 3. The summed E-state index contributed by atoms with van der Waals surface area (Å²) in [6, 6.07) is 25.7. The maximum Gasteiger partial charge on any atom is 0.307 e. The topological polar surface area (TPSA) is 55.8 Å². The van der Waals surface area contributed by atoms with Gasteiger partial charge >= 0.3 is 5.97 Å². The Hall–Kier alpha value is -3.53. The molecule has 0 spiro atoms. The first-order valence-electron chi connectivity index (χ1n) is 9.18. The molecule has 140 valence electrons. The van der Waals surface area contributed by atoms with Crippen molar-refractivity contribution in [3.63, 3.8) is 0 Å². The molecule has 0 unspecified atom stereocenters. The van der Waals surface area contributed by atoms with Crippen LogP contribution in [0.5, 0.6) is 11.5 Å². The van der Waals surface area contributed by atoms with Gasteiger partial charge in [-0.3, -0.25) is 4.79 Å². The Morgan fingerprint density at radius 1 is 0.714 bits per heavy atom. The summed E-state index contributed by atoms with van der Waals surface area (Å²) in [6.07, 6.45) is -0.0632. The monoisotopic (exact) mass is 372 g/mol. The molecule has 0 amide bonds. The number of para-hydroxylation sites is 1. The third kappa shape index (κ3) is 3.76. The molecule has 0 aliphatic carbocycles. The van der Waals surface area contributed by atoms with Gasteiger partial charge in [-0.05, 0) is 28.3 Å². The Kier molecular flexibility index (Phi) is 5.11. The molecule has 0 aliphatic heterocycles. The van der Waals surface area contributed by atoms with E-state index in [4.69, 9.17) is 14.6 Å². The minimum Gasteiger partial charge on any atom is -0.490 e. The van der Waals surface area contributed by atoms with Crippen LogP contribution in [0, 0.1) is 0 Å². The quantitative estimate of drug-likeness (QED) is 0.363. The average molecular weight is 372 g/mol. The summed E-state index contributed by atoms with van der Waals surface area (Å²) in [4.78, 5) is 11.0. The maximum atomic E-state index is 11.0. The van der Waals surface area contributed by atoms with Crippen molar-refractivity contribution < 1.29 is 19.4 Å². The fourth-order valence-corrected chi connectivity index (χ4v) is 3.40. The van der Waals surface area contributed by atoms with Crippen molar-refractivity contribution in [2.24, 2.45) is 0 Å². The number of rotatable bonds is 7. The SMILES string of the molecule is O=C(O)Cc1ccccc1OCCOc1cc2ccccc2c2ccccc12. The Morgan fingerprint density at radius 2 is 1.32 bits per heavy atom. The summed E-state index contributed by atoms with van der Waals surface area (Å²) < 4.78 is 11.8. The second-order valence-electron chi connectivity index (χ2n) is 6.52. The minimum absolute atomic E-state index is 0.0632. The van der Waals surface area contributed by atoms with Gasteiger partial charge in [-0.2, -0.15) is 0 Å². The first-order valence-corrected chi connectivity index (χ1v) is 9.18. The van der Waals surface area contributed by atoms with E-state index in [1.807, 2.05) is 36.4 Å². The minimum atomic E-state index is -0.880. The average Bonchev–Trinajstić information content (AvgIpc) is 2.72. The summed E-state index contributed by atoms with van der Waals surface area (Å²) in [5, 5.41) is 13.6. The molecule has 1 N–H and O–H groups in total. The van der Waals surface area contributed by atoms with Crippen molar-refractivity contribution in [3.05, 3.63) is 84.4 Å². The first-order chi connectivity index (χ1) is 13.7. The van der Waals surface area contributed by atoms with Gasteiger partial charge in [-0.25, -0.2) is 0 Å². The molecule has 4 nitrogen and oxygen atoms in total. The second-order valence-corrected chi connectivity index (χ2v) is 6.52. The van der Waals surface area contributed by atoms with Gasteiger partial charge in [0.25, 0.3) is 0 Å². The number of benzene rings is 4. The highest BCUT2D eigenvalue weighted by molar-refractivity contribution is 6.10. The van der Waals surface area contributed by atoms with Crippen molar-refractivity contribution in [3.8, 4) is 11.5 Å². The fourth-order valence-electron chi connectivity index (χ4n) is 3.40. The van der Waals surface area contributed by atoms with Crippen LogP contribution in [-0.2, 0) is 11.2 Å². The third-order valence-corrected chi connectivity index (χ3v) is 4.64. The third-order valence-electron chi connectivity index (χ3n) is 4.64. The molecule has 0 bridgehead atoms. The zero-order valence-electron chi connectivity index (χ0n) is 15.3. The van der Waals surface area contributed by atoms with Crippen LogP contribution in [0.3, 0.4) is 0 Å². The van der Waals surface area contributed by atoms with E-state index in [-0.39, 0.29) is 6.42 Å². The molecule has 4 aromatic carbocycles. The van der Waals surface area contributed by atoms with Crippen LogP contribution in [0.4, 0.5) is 0 Å². The van der Waals surface area contributed by atoms with Crippen molar-refractivity contribution in [2.75, 3.05) is 13.2 Å². The highest BCUT2D eigenvalue weighted by Crippen LogP contribution is 2.33. The highest BCUT2D eigenvalue weighted by atomic mass is 16.5. The smallest absolute Gasteiger partial charge is 0.307 e. The standard InChI is InChI=1S/C24H20O4/c25-24(26)16-18-8-2-6-12-22(18)27-13-14-28-23-15-17-7-1-3-9-19(17)20-10-4-5-11-21(20)23/h1-12,15H,13-14,16H2,(H,25,26). The molecular formula is C24H20O4. The number of carboxylic acid groups (broad SMARTS) is 1. The number of carboxylic acids is 1. The normalized spacial score (nSPS) is 10.9. The van der Waals surface area contributed by atoms with Gasteiger partial charge in [-0.1, -0.05) is 66.7 Å². The van der Waals surface area contributed by atoms with E-state index in [1.165, 1.54) is 5.39 Å². The zero-order chi connectivity index (χ0) is 19.3.